The third-order valence-electron chi connectivity index (χ3n) is 3.34. The van der Waals surface area contributed by atoms with E-state index in [1.165, 1.54) is 5.56 Å². The van der Waals surface area contributed by atoms with Crippen LogP contribution in [0.15, 0.2) is 46.3 Å². The molecule has 0 saturated heterocycles. The van der Waals surface area contributed by atoms with Crippen molar-refractivity contribution < 1.29 is 9.32 Å². The van der Waals surface area contributed by atoms with E-state index in [4.69, 9.17) is 4.52 Å². The van der Waals surface area contributed by atoms with Crippen LogP contribution in [0.5, 0.6) is 0 Å². The molecule has 6 heteroatoms. The molecule has 2 aromatic heterocycles. The zero-order valence-electron chi connectivity index (χ0n) is 12.8. The average molecular weight is 327 g/mol. The number of aryl methyl sites for hydroxylation is 2. The molecule has 1 aromatic carbocycles. The van der Waals surface area contributed by atoms with Gasteiger partial charge in [0.25, 0.3) is 0 Å². The smallest absolute Gasteiger partial charge is 0.226 e. The van der Waals surface area contributed by atoms with Crippen molar-refractivity contribution in [3.8, 4) is 10.7 Å². The molecule has 0 saturated carbocycles. The lowest BCUT2D eigenvalue weighted by atomic mass is 10.2. The van der Waals surface area contributed by atoms with Crippen LogP contribution < -0.4 is 5.32 Å². The monoisotopic (exact) mass is 327 g/mol. The second kappa shape index (κ2) is 7.19. The Balaban J connectivity index is 1.46. The number of anilines is 1. The van der Waals surface area contributed by atoms with E-state index in [0.717, 1.165) is 10.6 Å². The highest BCUT2D eigenvalue weighted by Gasteiger charge is 2.10. The van der Waals surface area contributed by atoms with E-state index in [-0.39, 0.29) is 5.91 Å². The van der Waals surface area contributed by atoms with Crippen molar-refractivity contribution in [3.63, 3.8) is 0 Å². The molecule has 5 nitrogen and oxygen atoms in total. The van der Waals surface area contributed by atoms with Gasteiger partial charge in [0.15, 0.2) is 0 Å². The van der Waals surface area contributed by atoms with Gasteiger partial charge in [0, 0.05) is 18.5 Å². The van der Waals surface area contributed by atoms with Crippen LogP contribution in [0.2, 0.25) is 0 Å². The van der Waals surface area contributed by atoms with Crippen LogP contribution in [-0.2, 0) is 11.2 Å². The van der Waals surface area contributed by atoms with Crippen LogP contribution in [0.4, 0.5) is 5.69 Å². The molecule has 2 heterocycles. The highest BCUT2D eigenvalue weighted by atomic mass is 32.1. The summed E-state index contributed by atoms with van der Waals surface area (Å²) in [5, 5.41) is 8.81. The van der Waals surface area contributed by atoms with E-state index in [1.807, 2.05) is 48.7 Å². The van der Waals surface area contributed by atoms with Crippen LogP contribution in [0.1, 0.15) is 24.3 Å². The number of amides is 1. The van der Waals surface area contributed by atoms with Gasteiger partial charge < -0.3 is 9.84 Å². The number of hydrogen-bond donors (Lipinski definition) is 1. The highest BCUT2D eigenvalue weighted by molar-refractivity contribution is 7.13. The molecule has 1 amide bonds. The fourth-order valence-corrected chi connectivity index (χ4v) is 2.77. The van der Waals surface area contributed by atoms with E-state index in [9.17, 15) is 4.79 Å². The Morgan fingerprint density at radius 2 is 2.09 bits per heavy atom. The largest absolute Gasteiger partial charge is 0.339 e. The molecule has 0 fully saturated rings. The molecular weight excluding hydrogens is 310 g/mol. The zero-order valence-corrected chi connectivity index (χ0v) is 13.6. The van der Waals surface area contributed by atoms with Gasteiger partial charge in [0.05, 0.1) is 4.88 Å². The summed E-state index contributed by atoms with van der Waals surface area (Å²) < 4.78 is 5.22. The minimum absolute atomic E-state index is 0.00755. The number of nitrogens with one attached hydrogen (secondary N) is 1. The molecule has 118 valence electrons. The molecule has 3 aromatic rings. The summed E-state index contributed by atoms with van der Waals surface area (Å²) in [7, 11) is 0. The second-order valence-corrected chi connectivity index (χ2v) is 6.20. The maximum atomic E-state index is 11.9. The molecule has 0 atom stereocenters. The summed E-state index contributed by atoms with van der Waals surface area (Å²) in [6, 6.07) is 11.6. The predicted octanol–water partition coefficient (Wildman–Crippen LogP) is 4.07. The van der Waals surface area contributed by atoms with Gasteiger partial charge in [-0.05, 0) is 36.9 Å². The van der Waals surface area contributed by atoms with Crippen molar-refractivity contribution in [1.29, 1.82) is 0 Å². The van der Waals surface area contributed by atoms with Crippen molar-refractivity contribution in [2.75, 3.05) is 5.32 Å². The Morgan fingerprint density at radius 3 is 2.83 bits per heavy atom. The lowest BCUT2D eigenvalue weighted by molar-refractivity contribution is -0.116. The molecule has 23 heavy (non-hydrogen) atoms. The SMILES string of the molecule is Cc1ccc(NC(=O)CCCc2nc(-c3cccs3)no2)cc1. The van der Waals surface area contributed by atoms with Crippen molar-refractivity contribution in [2.45, 2.75) is 26.2 Å². The summed E-state index contributed by atoms with van der Waals surface area (Å²) in [5.41, 5.74) is 1.99. The Labute approximate surface area is 138 Å². The normalized spacial score (nSPS) is 10.7. The Hall–Kier alpha value is -2.47. The van der Waals surface area contributed by atoms with Crippen LogP contribution in [0, 0.1) is 6.92 Å². The molecule has 0 bridgehead atoms. The summed E-state index contributed by atoms with van der Waals surface area (Å²) in [6.45, 7) is 2.01. The summed E-state index contributed by atoms with van der Waals surface area (Å²) in [4.78, 5) is 17.2. The maximum Gasteiger partial charge on any atom is 0.226 e. The van der Waals surface area contributed by atoms with Gasteiger partial charge in [-0.1, -0.05) is 28.9 Å². The van der Waals surface area contributed by atoms with Gasteiger partial charge in [-0.2, -0.15) is 4.98 Å². The Bertz CT molecular complexity index is 764. The molecule has 0 radical (unpaired) electrons. The van der Waals surface area contributed by atoms with Crippen LogP contribution in [0.3, 0.4) is 0 Å². The molecule has 0 spiro atoms. The van der Waals surface area contributed by atoms with Crippen molar-refractivity contribution in [3.05, 3.63) is 53.2 Å². The first-order valence-electron chi connectivity index (χ1n) is 7.44. The number of nitrogens with zero attached hydrogens (tertiary/aromatic N) is 2. The van der Waals surface area contributed by atoms with Gasteiger partial charge in [-0.15, -0.1) is 11.3 Å². The van der Waals surface area contributed by atoms with Gasteiger partial charge in [-0.25, -0.2) is 0 Å². The number of rotatable bonds is 6. The molecular formula is C17H17N3O2S. The molecule has 0 unspecified atom stereocenters. The number of hydrogen-bond acceptors (Lipinski definition) is 5. The van der Waals surface area contributed by atoms with E-state index in [0.29, 0.717) is 31.0 Å². The van der Waals surface area contributed by atoms with E-state index >= 15 is 0 Å². The van der Waals surface area contributed by atoms with E-state index in [1.54, 1.807) is 11.3 Å². The predicted molar refractivity (Wildman–Crippen MR) is 90.4 cm³/mol. The first kappa shape index (κ1) is 15.4. The van der Waals surface area contributed by atoms with Crippen LogP contribution in [0.25, 0.3) is 10.7 Å². The maximum absolute atomic E-state index is 11.9. The number of carbonyl (C=O) groups is 1. The Morgan fingerprint density at radius 1 is 1.26 bits per heavy atom. The number of carbonyl (C=O) groups excluding carboxylic acids is 1. The summed E-state index contributed by atoms with van der Waals surface area (Å²) >= 11 is 1.57. The lowest BCUT2D eigenvalue weighted by Crippen LogP contribution is -2.11. The summed E-state index contributed by atoms with van der Waals surface area (Å²) in [5.74, 6) is 1.17. The molecule has 0 aliphatic carbocycles. The molecule has 0 aliphatic heterocycles. The van der Waals surface area contributed by atoms with Gasteiger partial charge in [0.1, 0.15) is 0 Å². The first-order valence-corrected chi connectivity index (χ1v) is 8.31. The third-order valence-corrected chi connectivity index (χ3v) is 4.21. The van der Waals surface area contributed by atoms with Crippen molar-refractivity contribution in [2.24, 2.45) is 0 Å². The minimum atomic E-state index is -0.00755. The van der Waals surface area contributed by atoms with Crippen molar-refractivity contribution in [1.82, 2.24) is 10.1 Å². The topological polar surface area (TPSA) is 68.0 Å². The number of benzene rings is 1. The van der Waals surface area contributed by atoms with E-state index < -0.39 is 0 Å². The quantitative estimate of drug-likeness (QED) is 0.741. The number of aromatic nitrogens is 2. The Kier molecular flexibility index (Phi) is 4.83. The molecule has 1 N–H and O–H groups in total. The fourth-order valence-electron chi connectivity index (χ4n) is 2.12. The first-order chi connectivity index (χ1) is 11.2. The van der Waals surface area contributed by atoms with Gasteiger partial charge in [0.2, 0.25) is 17.6 Å². The van der Waals surface area contributed by atoms with Crippen LogP contribution in [-0.4, -0.2) is 16.0 Å². The van der Waals surface area contributed by atoms with Gasteiger partial charge in [-0.3, -0.25) is 4.79 Å². The molecule has 0 aliphatic rings. The lowest BCUT2D eigenvalue weighted by Gasteiger charge is -2.04. The molecule has 3 rings (SSSR count). The summed E-state index contributed by atoms with van der Waals surface area (Å²) in [6.07, 6.45) is 1.69. The third kappa shape index (κ3) is 4.26. The highest BCUT2D eigenvalue weighted by Crippen LogP contribution is 2.21. The van der Waals surface area contributed by atoms with Gasteiger partial charge >= 0.3 is 0 Å². The van der Waals surface area contributed by atoms with Crippen molar-refractivity contribution >= 4 is 22.9 Å². The average Bonchev–Trinajstić information content (AvgIpc) is 3.20. The minimum Gasteiger partial charge on any atom is -0.339 e. The standard InChI is InChI=1S/C17H17N3O2S/c1-12-7-9-13(10-8-12)18-15(21)5-2-6-16-19-17(20-22-16)14-4-3-11-23-14/h3-4,7-11H,2,5-6H2,1H3,(H,18,21). The fraction of sp³-hybridized carbons (Fsp3) is 0.235. The van der Waals surface area contributed by atoms with Crippen LogP contribution >= 0.6 is 11.3 Å². The zero-order chi connectivity index (χ0) is 16.1. The van der Waals surface area contributed by atoms with E-state index in [2.05, 4.69) is 15.5 Å². The number of thiophene rings is 1. The second-order valence-electron chi connectivity index (χ2n) is 5.26.